The Labute approximate surface area is 91.4 Å². The van der Waals surface area contributed by atoms with Crippen molar-refractivity contribution in [2.24, 2.45) is 0 Å². The standard InChI is InChI=1S/C12H20N2O/c1-3-4-6-10-9-12(15-13-10)11-7-5-8-14(11)2/h9,11H,3-8H2,1-2H3. The van der Waals surface area contributed by atoms with E-state index in [4.69, 9.17) is 4.52 Å². The summed E-state index contributed by atoms with van der Waals surface area (Å²) >= 11 is 0. The van der Waals surface area contributed by atoms with Gasteiger partial charge in [-0.25, -0.2) is 0 Å². The highest BCUT2D eigenvalue weighted by molar-refractivity contribution is 5.10. The van der Waals surface area contributed by atoms with Crippen molar-refractivity contribution in [1.29, 1.82) is 0 Å². The van der Waals surface area contributed by atoms with Crippen LogP contribution in [0.2, 0.25) is 0 Å². The van der Waals surface area contributed by atoms with Gasteiger partial charge in [-0.15, -0.1) is 0 Å². The van der Waals surface area contributed by atoms with Crippen LogP contribution >= 0.6 is 0 Å². The van der Waals surface area contributed by atoms with Crippen LogP contribution in [0.15, 0.2) is 10.6 Å². The third-order valence-electron chi connectivity index (χ3n) is 3.21. The first-order valence-electron chi connectivity index (χ1n) is 5.97. The van der Waals surface area contributed by atoms with E-state index < -0.39 is 0 Å². The minimum absolute atomic E-state index is 0.466. The molecule has 0 radical (unpaired) electrons. The zero-order valence-electron chi connectivity index (χ0n) is 9.70. The zero-order valence-corrected chi connectivity index (χ0v) is 9.70. The Morgan fingerprint density at radius 1 is 1.60 bits per heavy atom. The molecule has 0 aliphatic carbocycles. The lowest BCUT2D eigenvalue weighted by atomic mass is 10.1. The first kappa shape index (κ1) is 10.7. The molecule has 84 valence electrons. The average Bonchev–Trinajstić information content (AvgIpc) is 2.83. The van der Waals surface area contributed by atoms with Crippen molar-refractivity contribution in [2.75, 3.05) is 13.6 Å². The molecule has 1 saturated heterocycles. The Balaban J connectivity index is 1.99. The summed E-state index contributed by atoms with van der Waals surface area (Å²) in [5.74, 6) is 1.06. The number of aromatic nitrogens is 1. The van der Waals surface area contributed by atoms with Gasteiger partial charge in [0.2, 0.25) is 0 Å². The smallest absolute Gasteiger partial charge is 0.154 e. The molecule has 1 aromatic heterocycles. The van der Waals surface area contributed by atoms with E-state index in [9.17, 15) is 0 Å². The zero-order chi connectivity index (χ0) is 10.7. The van der Waals surface area contributed by atoms with Crippen molar-refractivity contribution < 1.29 is 4.52 Å². The molecule has 1 aromatic rings. The van der Waals surface area contributed by atoms with Gasteiger partial charge in [0, 0.05) is 6.07 Å². The van der Waals surface area contributed by atoms with Gasteiger partial charge in [-0.2, -0.15) is 0 Å². The predicted octanol–water partition coefficient (Wildman–Crippen LogP) is 2.78. The molecule has 1 atom stereocenters. The summed E-state index contributed by atoms with van der Waals surface area (Å²) in [6.45, 7) is 3.38. The molecule has 0 aromatic carbocycles. The number of hydrogen-bond acceptors (Lipinski definition) is 3. The Bertz CT molecular complexity index is 308. The fraction of sp³-hybridized carbons (Fsp3) is 0.750. The molecule has 2 heterocycles. The lowest BCUT2D eigenvalue weighted by Gasteiger charge is -2.15. The molecular weight excluding hydrogens is 188 g/mol. The number of hydrogen-bond donors (Lipinski definition) is 0. The summed E-state index contributed by atoms with van der Waals surface area (Å²) in [5.41, 5.74) is 1.12. The summed E-state index contributed by atoms with van der Waals surface area (Å²) in [6, 6.07) is 2.61. The second-order valence-corrected chi connectivity index (χ2v) is 4.46. The molecule has 1 aliphatic heterocycles. The molecule has 0 spiro atoms. The number of unbranched alkanes of at least 4 members (excludes halogenated alkanes) is 1. The highest BCUT2D eigenvalue weighted by atomic mass is 16.5. The molecule has 0 bridgehead atoms. The van der Waals surface area contributed by atoms with E-state index in [1.54, 1.807) is 0 Å². The van der Waals surface area contributed by atoms with Crippen molar-refractivity contribution in [3.63, 3.8) is 0 Å². The number of nitrogens with zero attached hydrogens (tertiary/aromatic N) is 2. The van der Waals surface area contributed by atoms with Crippen molar-refractivity contribution in [3.8, 4) is 0 Å². The molecule has 2 rings (SSSR count). The van der Waals surface area contributed by atoms with Crippen LogP contribution in [0.5, 0.6) is 0 Å². The normalized spacial score (nSPS) is 22.4. The molecule has 3 nitrogen and oxygen atoms in total. The van der Waals surface area contributed by atoms with Gasteiger partial charge in [-0.05, 0) is 39.3 Å². The van der Waals surface area contributed by atoms with Crippen LogP contribution in [-0.4, -0.2) is 23.6 Å². The van der Waals surface area contributed by atoms with Gasteiger partial charge in [0.25, 0.3) is 0 Å². The molecule has 1 aliphatic rings. The summed E-state index contributed by atoms with van der Waals surface area (Å²) in [7, 11) is 2.16. The Kier molecular flexibility index (Phi) is 3.41. The van der Waals surface area contributed by atoms with E-state index in [1.165, 1.54) is 32.2 Å². The van der Waals surface area contributed by atoms with Crippen molar-refractivity contribution in [2.45, 2.75) is 45.1 Å². The third-order valence-corrected chi connectivity index (χ3v) is 3.21. The molecule has 3 heteroatoms. The van der Waals surface area contributed by atoms with Crippen LogP contribution in [0.4, 0.5) is 0 Å². The van der Waals surface area contributed by atoms with Crippen LogP contribution in [0.3, 0.4) is 0 Å². The van der Waals surface area contributed by atoms with E-state index in [2.05, 4.69) is 30.1 Å². The minimum atomic E-state index is 0.466. The van der Waals surface area contributed by atoms with E-state index >= 15 is 0 Å². The lowest BCUT2D eigenvalue weighted by Crippen LogP contribution is -2.16. The maximum absolute atomic E-state index is 5.42. The SMILES string of the molecule is CCCCc1cc(C2CCCN2C)on1. The van der Waals surface area contributed by atoms with Crippen LogP contribution < -0.4 is 0 Å². The second-order valence-electron chi connectivity index (χ2n) is 4.46. The van der Waals surface area contributed by atoms with Gasteiger partial charge in [0.05, 0.1) is 11.7 Å². The summed E-state index contributed by atoms with van der Waals surface area (Å²) in [4.78, 5) is 2.35. The molecule has 0 N–H and O–H groups in total. The largest absolute Gasteiger partial charge is 0.359 e. The first-order valence-corrected chi connectivity index (χ1v) is 5.97. The lowest BCUT2D eigenvalue weighted by molar-refractivity contribution is 0.251. The summed E-state index contributed by atoms with van der Waals surface area (Å²) in [5, 5.41) is 4.13. The van der Waals surface area contributed by atoms with E-state index in [0.29, 0.717) is 6.04 Å². The number of rotatable bonds is 4. The van der Waals surface area contributed by atoms with Crippen molar-refractivity contribution in [1.82, 2.24) is 10.1 Å². The molecule has 1 unspecified atom stereocenters. The van der Waals surface area contributed by atoms with Crippen molar-refractivity contribution >= 4 is 0 Å². The van der Waals surface area contributed by atoms with Crippen LogP contribution in [0.1, 0.15) is 50.1 Å². The van der Waals surface area contributed by atoms with Gasteiger partial charge in [-0.1, -0.05) is 18.5 Å². The van der Waals surface area contributed by atoms with Gasteiger partial charge in [0.15, 0.2) is 5.76 Å². The van der Waals surface area contributed by atoms with Crippen molar-refractivity contribution in [3.05, 3.63) is 17.5 Å². The Morgan fingerprint density at radius 2 is 2.47 bits per heavy atom. The van der Waals surface area contributed by atoms with Gasteiger partial charge in [-0.3, -0.25) is 4.90 Å². The first-order chi connectivity index (χ1) is 7.31. The molecule has 15 heavy (non-hydrogen) atoms. The fourth-order valence-corrected chi connectivity index (χ4v) is 2.23. The molecular formula is C12H20N2O. The highest BCUT2D eigenvalue weighted by Gasteiger charge is 2.25. The van der Waals surface area contributed by atoms with E-state index in [1.807, 2.05) is 0 Å². The van der Waals surface area contributed by atoms with Crippen LogP contribution in [0.25, 0.3) is 0 Å². The van der Waals surface area contributed by atoms with Crippen LogP contribution in [-0.2, 0) is 6.42 Å². The fourth-order valence-electron chi connectivity index (χ4n) is 2.23. The molecule has 0 amide bonds. The Morgan fingerprint density at radius 3 is 3.13 bits per heavy atom. The number of aryl methyl sites for hydroxylation is 1. The average molecular weight is 208 g/mol. The topological polar surface area (TPSA) is 29.3 Å². The third kappa shape index (κ3) is 2.40. The quantitative estimate of drug-likeness (QED) is 0.762. The van der Waals surface area contributed by atoms with Gasteiger partial charge in [0.1, 0.15) is 0 Å². The molecule has 0 saturated carbocycles. The summed E-state index contributed by atoms with van der Waals surface area (Å²) < 4.78 is 5.42. The second kappa shape index (κ2) is 4.79. The maximum atomic E-state index is 5.42. The number of likely N-dealkylation sites (tertiary alicyclic amines) is 1. The monoisotopic (exact) mass is 208 g/mol. The van der Waals surface area contributed by atoms with E-state index in [0.717, 1.165) is 17.9 Å². The van der Waals surface area contributed by atoms with Gasteiger partial charge >= 0.3 is 0 Å². The Hall–Kier alpha value is -0.830. The molecule has 1 fully saturated rings. The van der Waals surface area contributed by atoms with E-state index in [-0.39, 0.29) is 0 Å². The van der Waals surface area contributed by atoms with Crippen LogP contribution in [0, 0.1) is 0 Å². The minimum Gasteiger partial charge on any atom is -0.359 e. The maximum Gasteiger partial charge on any atom is 0.154 e. The summed E-state index contributed by atoms with van der Waals surface area (Å²) in [6.07, 6.45) is 5.94. The van der Waals surface area contributed by atoms with Gasteiger partial charge < -0.3 is 4.52 Å². The highest BCUT2D eigenvalue weighted by Crippen LogP contribution is 2.30. The predicted molar refractivity (Wildman–Crippen MR) is 59.7 cm³/mol.